The number of hydrogen-bond acceptors (Lipinski definition) is 12. The molecule has 0 unspecified atom stereocenters. The molecule has 14 heteroatoms. The van der Waals surface area contributed by atoms with Crippen molar-refractivity contribution in [3.8, 4) is 16.6 Å². The number of carbonyl (C=O) groups excluding carboxylic acids is 3. The molecule has 2 aromatic carbocycles. The summed E-state index contributed by atoms with van der Waals surface area (Å²) in [7, 11) is 0. The Kier molecular flexibility index (Phi) is 12.7. The lowest BCUT2D eigenvalue weighted by atomic mass is 10.0. The number of ketones is 1. The second kappa shape index (κ2) is 16.8. The van der Waals surface area contributed by atoms with Gasteiger partial charge in [0.2, 0.25) is 0 Å². The number of aryl methyl sites for hydroxylation is 2. The van der Waals surface area contributed by atoms with Crippen LogP contribution in [0.25, 0.3) is 31.0 Å². The number of aromatic nitrogens is 2. The van der Waals surface area contributed by atoms with Crippen molar-refractivity contribution >= 4 is 77.4 Å². The molecular weight excluding hydrogens is 741 g/mol. The van der Waals surface area contributed by atoms with Crippen LogP contribution in [0.1, 0.15) is 81.0 Å². The minimum atomic E-state index is -0.490. The number of nitrogen functional groups attached to an aromatic ring is 1. The van der Waals surface area contributed by atoms with Gasteiger partial charge in [-0.05, 0) is 103 Å². The maximum atomic E-state index is 12.4. The van der Waals surface area contributed by atoms with E-state index < -0.39 is 11.2 Å². The van der Waals surface area contributed by atoms with Crippen molar-refractivity contribution in [2.45, 2.75) is 98.8 Å². The fourth-order valence-electron chi connectivity index (χ4n) is 5.77. The van der Waals surface area contributed by atoms with E-state index in [0.717, 1.165) is 42.9 Å². The number of rotatable bonds is 2. The first-order valence-corrected chi connectivity index (χ1v) is 20.3. The number of hydrogen-bond donors (Lipinski definition) is 1. The van der Waals surface area contributed by atoms with E-state index in [4.69, 9.17) is 25.5 Å². The van der Waals surface area contributed by atoms with Crippen molar-refractivity contribution in [1.82, 2.24) is 19.8 Å². The number of thiazole rings is 2. The fraction of sp³-hybridized carbons (Fsp3) is 0.450. The Balaban J connectivity index is 0.000000174. The molecule has 0 radical (unpaired) electrons. The molecule has 1 fully saturated rings. The van der Waals surface area contributed by atoms with E-state index in [9.17, 15) is 14.4 Å². The third-order valence-electron chi connectivity index (χ3n) is 8.28. The van der Waals surface area contributed by atoms with Gasteiger partial charge in [-0.2, -0.15) is 5.26 Å². The summed E-state index contributed by atoms with van der Waals surface area (Å²) in [4.78, 5) is 48.5. The van der Waals surface area contributed by atoms with Crippen LogP contribution in [0.4, 0.5) is 14.6 Å². The Morgan fingerprint density at radius 2 is 1.35 bits per heavy atom. The molecule has 0 saturated carbocycles. The first kappa shape index (κ1) is 40.6. The molecule has 2 N–H and O–H groups in total. The fourth-order valence-corrected chi connectivity index (χ4v) is 9.12. The van der Waals surface area contributed by atoms with Gasteiger partial charge in [0.15, 0.2) is 0 Å². The third-order valence-corrected chi connectivity index (χ3v) is 11.4. The summed E-state index contributed by atoms with van der Waals surface area (Å²) in [6, 6.07) is 14.6. The van der Waals surface area contributed by atoms with Gasteiger partial charge in [-0.1, -0.05) is 12.1 Å². The highest BCUT2D eigenvalue weighted by molar-refractivity contribution is 7.22. The second-order valence-corrected chi connectivity index (χ2v) is 18.6. The van der Waals surface area contributed by atoms with E-state index in [-0.39, 0.29) is 18.0 Å². The standard InChI is InChI=1S/C20H23N3O2S2.C10H8N2S.C10H17NO3/c1-11-5-6-13-14(9-11)27-18(22-13)16-12-7-8-23(10-15(12)26-17(16)21)19(24)25-20(2,3)4;1-7-2-3-8-9(6-7)13-10(12-8)4-5-11;1-10(2,3)14-9(13)11-6-4-8(12)5-7-11/h5-6,9H,7-8,10,21H2,1-4H3;2-3,6H,4H2,1H3;4-7H2,1-3H3. The Morgan fingerprint density at radius 1 is 0.815 bits per heavy atom. The van der Waals surface area contributed by atoms with E-state index in [1.54, 1.807) is 43.8 Å². The van der Waals surface area contributed by atoms with Gasteiger partial charge in [0.25, 0.3) is 0 Å². The van der Waals surface area contributed by atoms with E-state index in [0.29, 0.717) is 45.4 Å². The predicted octanol–water partition coefficient (Wildman–Crippen LogP) is 9.47. The van der Waals surface area contributed by atoms with E-state index >= 15 is 0 Å². The average Bonchev–Trinajstić information content (AvgIpc) is 3.77. The van der Waals surface area contributed by atoms with E-state index in [1.165, 1.54) is 26.1 Å². The molecule has 1 saturated heterocycles. The summed E-state index contributed by atoms with van der Waals surface area (Å²) < 4.78 is 13.1. The van der Waals surface area contributed by atoms with Crippen molar-refractivity contribution in [3.63, 3.8) is 0 Å². The highest BCUT2D eigenvalue weighted by Gasteiger charge is 2.30. The number of nitrogens with two attached hydrogens (primary N) is 1. The zero-order valence-corrected chi connectivity index (χ0v) is 34.6. The van der Waals surface area contributed by atoms with Crippen molar-refractivity contribution in [2.24, 2.45) is 0 Å². The SMILES string of the molecule is CC(C)(C)OC(=O)N1CCC(=O)CC1.Cc1ccc2nc(-c3c(N)sc4c3CCN(C(=O)OC(C)(C)C)C4)sc2c1.Cc1ccc2nc(CC#N)sc2c1. The number of nitrogens with zero attached hydrogens (tertiary/aromatic N) is 5. The Hall–Kier alpha value is -4.58. The third kappa shape index (κ3) is 10.8. The summed E-state index contributed by atoms with van der Waals surface area (Å²) in [6.07, 6.45) is 1.52. The summed E-state index contributed by atoms with van der Waals surface area (Å²) in [5.74, 6) is 0.227. The van der Waals surface area contributed by atoms with Crippen molar-refractivity contribution in [1.29, 1.82) is 5.26 Å². The monoisotopic (exact) mass is 788 g/mol. The van der Waals surface area contributed by atoms with E-state index in [2.05, 4.69) is 49.2 Å². The van der Waals surface area contributed by atoms with Crippen molar-refractivity contribution in [2.75, 3.05) is 25.4 Å². The number of piperidine rings is 1. The lowest BCUT2D eigenvalue weighted by Crippen LogP contribution is -2.41. The summed E-state index contributed by atoms with van der Waals surface area (Å²) in [6.45, 7) is 17.5. The summed E-state index contributed by atoms with van der Waals surface area (Å²) in [5.41, 5.74) is 12.2. The van der Waals surface area contributed by atoms with E-state index in [1.807, 2.05) is 53.7 Å². The number of benzene rings is 2. The van der Waals surface area contributed by atoms with Gasteiger partial charge in [0, 0.05) is 42.9 Å². The zero-order valence-electron chi connectivity index (χ0n) is 32.2. The van der Waals surface area contributed by atoms with Gasteiger partial charge >= 0.3 is 12.2 Å². The maximum absolute atomic E-state index is 12.4. The number of amides is 2. The quantitative estimate of drug-likeness (QED) is 0.184. The lowest BCUT2D eigenvalue weighted by molar-refractivity contribution is -0.121. The Labute approximate surface area is 328 Å². The van der Waals surface area contributed by atoms with Gasteiger partial charge in [-0.25, -0.2) is 19.6 Å². The zero-order chi connectivity index (χ0) is 39.4. The van der Waals surface area contributed by atoms with Crippen LogP contribution in [0.5, 0.6) is 0 Å². The molecule has 5 aromatic rings. The number of anilines is 1. The predicted molar refractivity (Wildman–Crippen MR) is 218 cm³/mol. The van der Waals surface area contributed by atoms with Gasteiger partial charge in [-0.15, -0.1) is 34.0 Å². The number of fused-ring (bicyclic) bond motifs is 3. The molecule has 2 aliphatic rings. The highest BCUT2D eigenvalue weighted by Crippen LogP contribution is 2.44. The van der Waals surface area contributed by atoms with Crippen molar-refractivity contribution in [3.05, 3.63) is 63.0 Å². The van der Waals surface area contributed by atoms with Gasteiger partial charge < -0.3 is 25.0 Å². The normalized spacial score (nSPS) is 14.4. The van der Waals surface area contributed by atoms with Crippen LogP contribution in [0.15, 0.2) is 36.4 Å². The van der Waals surface area contributed by atoms with Crippen LogP contribution in [-0.4, -0.2) is 68.6 Å². The molecule has 0 atom stereocenters. The molecule has 5 heterocycles. The minimum absolute atomic E-state index is 0.227. The van der Waals surface area contributed by atoms with Crippen LogP contribution >= 0.6 is 34.0 Å². The molecule has 2 amide bonds. The van der Waals surface area contributed by atoms with Crippen molar-refractivity contribution < 1.29 is 23.9 Å². The van der Waals surface area contributed by atoms with Gasteiger partial charge in [0.05, 0.1) is 44.5 Å². The van der Waals surface area contributed by atoms with Crippen LogP contribution in [-0.2, 0) is 33.7 Å². The van der Waals surface area contributed by atoms with Crippen LogP contribution in [0, 0.1) is 25.2 Å². The molecule has 0 bridgehead atoms. The summed E-state index contributed by atoms with van der Waals surface area (Å²) in [5, 5.41) is 11.2. The lowest BCUT2D eigenvalue weighted by Gasteiger charge is -2.30. The molecule has 286 valence electrons. The van der Waals surface area contributed by atoms with Crippen LogP contribution in [0.3, 0.4) is 0 Å². The van der Waals surface area contributed by atoms with Crippen LogP contribution in [0.2, 0.25) is 0 Å². The molecule has 54 heavy (non-hydrogen) atoms. The maximum Gasteiger partial charge on any atom is 0.410 e. The molecule has 7 rings (SSSR count). The number of nitriles is 1. The number of carbonyl (C=O) groups is 3. The summed E-state index contributed by atoms with van der Waals surface area (Å²) >= 11 is 4.84. The van der Waals surface area contributed by atoms with Gasteiger partial charge in [0.1, 0.15) is 27.0 Å². The number of thiophene rings is 1. The largest absolute Gasteiger partial charge is 0.444 e. The van der Waals surface area contributed by atoms with Crippen LogP contribution < -0.4 is 5.73 Å². The Morgan fingerprint density at radius 3 is 1.93 bits per heavy atom. The first-order chi connectivity index (χ1) is 25.4. The number of Topliss-reactive ketones (excluding diaryl/α,β-unsaturated/α-hetero) is 1. The highest BCUT2D eigenvalue weighted by atomic mass is 32.1. The smallest absolute Gasteiger partial charge is 0.410 e. The molecule has 0 aliphatic carbocycles. The number of likely N-dealkylation sites (tertiary alicyclic amines) is 1. The molecule has 3 aromatic heterocycles. The average molecular weight is 789 g/mol. The Bertz CT molecular complexity index is 2190. The second-order valence-electron chi connectivity index (χ2n) is 15.3. The van der Waals surface area contributed by atoms with Gasteiger partial charge in [-0.3, -0.25) is 4.79 Å². The number of ether oxygens (including phenoxy) is 2. The molecule has 2 aliphatic heterocycles. The molecule has 0 spiro atoms. The molecular formula is C40H48N6O5S3. The molecule has 11 nitrogen and oxygen atoms in total. The topological polar surface area (TPSA) is 152 Å². The minimum Gasteiger partial charge on any atom is -0.444 e. The first-order valence-electron chi connectivity index (χ1n) is 17.9.